The van der Waals surface area contributed by atoms with Crippen molar-refractivity contribution in [3.63, 3.8) is 0 Å². The molecule has 0 aliphatic rings. The first-order valence-corrected chi connectivity index (χ1v) is 8.42. The lowest BCUT2D eigenvalue weighted by Gasteiger charge is -2.19. The third-order valence-electron chi connectivity index (χ3n) is 3.57. The van der Waals surface area contributed by atoms with E-state index in [4.69, 9.17) is 21.1 Å². The minimum atomic E-state index is -0.310. The SMILES string of the molecule is CC(C)(C)c1ccc(OCCCC(=O)Oc2ccccc2Cl)cc1. The molecule has 2 aromatic rings. The summed E-state index contributed by atoms with van der Waals surface area (Å²) in [6, 6.07) is 15.0. The maximum Gasteiger partial charge on any atom is 0.311 e. The van der Waals surface area contributed by atoms with Gasteiger partial charge >= 0.3 is 5.97 Å². The van der Waals surface area contributed by atoms with Crippen molar-refractivity contribution in [3.8, 4) is 11.5 Å². The Morgan fingerprint density at radius 2 is 1.71 bits per heavy atom. The number of carbonyl (C=O) groups is 1. The summed E-state index contributed by atoms with van der Waals surface area (Å²) in [4.78, 5) is 11.8. The van der Waals surface area contributed by atoms with E-state index in [2.05, 4.69) is 32.9 Å². The molecule has 128 valence electrons. The predicted molar refractivity (Wildman–Crippen MR) is 97.0 cm³/mol. The molecule has 0 N–H and O–H groups in total. The molecule has 0 aromatic heterocycles. The van der Waals surface area contributed by atoms with E-state index in [1.54, 1.807) is 24.3 Å². The molecule has 0 saturated heterocycles. The predicted octanol–water partition coefficient (Wildman–Crippen LogP) is 5.40. The molecule has 3 nitrogen and oxygen atoms in total. The number of para-hydroxylation sites is 1. The highest BCUT2D eigenvalue weighted by Crippen LogP contribution is 2.25. The van der Waals surface area contributed by atoms with Crippen molar-refractivity contribution in [2.75, 3.05) is 6.61 Å². The van der Waals surface area contributed by atoms with Crippen LogP contribution in [0, 0.1) is 0 Å². The lowest BCUT2D eigenvalue weighted by Crippen LogP contribution is -2.11. The monoisotopic (exact) mass is 346 g/mol. The summed E-state index contributed by atoms with van der Waals surface area (Å²) in [5.74, 6) is 0.889. The first-order valence-electron chi connectivity index (χ1n) is 8.05. The van der Waals surface area contributed by atoms with E-state index in [0.29, 0.717) is 23.8 Å². The van der Waals surface area contributed by atoms with E-state index >= 15 is 0 Å². The van der Waals surface area contributed by atoms with Crippen molar-refractivity contribution in [2.45, 2.75) is 39.0 Å². The van der Waals surface area contributed by atoms with Crippen molar-refractivity contribution in [3.05, 3.63) is 59.1 Å². The van der Waals surface area contributed by atoms with E-state index in [1.807, 2.05) is 12.1 Å². The topological polar surface area (TPSA) is 35.5 Å². The Morgan fingerprint density at radius 1 is 1.04 bits per heavy atom. The Kier molecular flexibility index (Phi) is 6.27. The highest BCUT2D eigenvalue weighted by molar-refractivity contribution is 6.32. The largest absolute Gasteiger partial charge is 0.494 e. The van der Waals surface area contributed by atoms with Gasteiger partial charge in [0.25, 0.3) is 0 Å². The van der Waals surface area contributed by atoms with Gasteiger partial charge < -0.3 is 9.47 Å². The smallest absolute Gasteiger partial charge is 0.311 e. The van der Waals surface area contributed by atoms with Gasteiger partial charge in [0.1, 0.15) is 11.5 Å². The normalized spacial score (nSPS) is 11.2. The molecule has 0 spiro atoms. The van der Waals surface area contributed by atoms with Gasteiger partial charge in [-0.1, -0.05) is 56.6 Å². The lowest BCUT2D eigenvalue weighted by molar-refractivity contribution is -0.134. The van der Waals surface area contributed by atoms with E-state index in [1.165, 1.54) is 5.56 Å². The van der Waals surface area contributed by atoms with Gasteiger partial charge in [-0.15, -0.1) is 0 Å². The fourth-order valence-electron chi connectivity index (χ4n) is 2.16. The van der Waals surface area contributed by atoms with Gasteiger partial charge in [0, 0.05) is 6.42 Å². The molecule has 0 bridgehead atoms. The molecule has 0 amide bonds. The summed E-state index contributed by atoms with van der Waals surface area (Å²) in [6.07, 6.45) is 0.871. The average molecular weight is 347 g/mol. The zero-order valence-electron chi connectivity index (χ0n) is 14.3. The number of benzene rings is 2. The summed E-state index contributed by atoms with van der Waals surface area (Å²) in [5.41, 5.74) is 1.39. The van der Waals surface area contributed by atoms with Crippen molar-refractivity contribution in [1.82, 2.24) is 0 Å². The van der Waals surface area contributed by atoms with Crippen LogP contribution in [0.15, 0.2) is 48.5 Å². The van der Waals surface area contributed by atoms with Crippen LogP contribution in [0.3, 0.4) is 0 Å². The molecule has 0 aliphatic heterocycles. The number of hydrogen-bond donors (Lipinski definition) is 0. The Morgan fingerprint density at radius 3 is 2.33 bits per heavy atom. The van der Waals surface area contributed by atoms with Gasteiger partial charge in [-0.2, -0.15) is 0 Å². The average Bonchev–Trinajstić information content (AvgIpc) is 2.53. The third-order valence-corrected chi connectivity index (χ3v) is 3.89. The molecule has 0 heterocycles. The minimum absolute atomic E-state index is 0.126. The molecule has 0 saturated carbocycles. The maximum absolute atomic E-state index is 11.8. The maximum atomic E-state index is 11.8. The van der Waals surface area contributed by atoms with Crippen LogP contribution in [0.2, 0.25) is 5.02 Å². The van der Waals surface area contributed by atoms with Crippen LogP contribution in [0.5, 0.6) is 11.5 Å². The van der Waals surface area contributed by atoms with Crippen LogP contribution < -0.4 is 9.47 Å². The number of carbonyl (C=O) groups excluding carboxylic acids is 1. The van der Waals surface area contributed by atoms with Gasteiger partial charge in [-0.05, 0) is 41.7 Å². The number of halogens is 1. The minimum Gasteiger partial charge on any atom is -0.494 e. The first-order chi connectivity index (χ1) is 11.4. The van der Waals surface area contributed by atoms with E-state index in [0.717, 1.165) is 5.75 Å². The van der Waals surface area contributed by atoms with Crippen LogP contribution in [-0.2, 0) is 10.2 Å². The zero-order chi connectivity index (χ0) is 17.6. The fraction of sp³-hybridized carbons (Fsp3) is 0.350. The van der Waals surface area contributed by atoms with Gasteiger partial charge in [-0.3, -0.25) is 4.79 Å². The summed E-state index contributed by atoms with van der Waals surface area (Å²) in [7, 11) is 0. The van der Waals surface area contributed by atoms with Crippen molar-refractivity contribution in [1.29, 1.82) is 0 Å². The number of hydrogen-bond acceptors (Lipinski definition) is 3. The summed E-state index contributed by atoms with van der Waals surface area (Å²) < 4.78 is 10.9. The van der Waals surface area contributed by atoms with E-state index in [9.17, 15) is 4.79 Å². The van der Waals surface area contributed by atoms with Crippen LogP contribution in [0.4, 0.5) is 0 Å². The highest BCUT2D eigenvalue weighted by Gasteiger charge is 2.13. The molecule has 24 heavy (non-hydrogen) atoms. The first kappa shape index (κ1) is 18.3. The Bertz CT molecular complexity index is 672. The molecular formula is C20H23ClO3. The molecule has 0 unspecified atom stereocenters. The zero-order valence-corrected chi connectivity index (χ0v) is 15.1. The molecule has 2 rings (SSSR count). The molecule has 0 radical (unpaired) electrons. The van der Waals surface area contributed by atoms with Crippen molar-refractivity contribution in [2.24, 2.45) is 0 Å². The van der Waals surface area contributed by atoms with Crippen LogP contribution in [0.1, 0.15) is 39.2 Å². The summed E-state index contributed by atoms with van der Waals surface area (Å²) >= 11 is 5.95. The molecular weight excluding hydrogens is 324 g/mol. The van der Waals surface area contributed by atoms with E-state index < -0.39 is 0 Å². The molecule has 4 heteroatoms. The Balaban J connectivity index is 1.73. The van der Waals surface area contributed by atoms with Crippen LogP contribution in [-0.4, -0.2) is 12.6 Å². The number of rotatable bonds is 6. The van der Waals surface area contributed by atoms with E-state index in [-0.39, 0.29) is 17.8 Å². The second-order valence-corrected chi connectivity index (χ2v) is 7.04. The van der Waals surface area contributed by atoms with Crippen LogP contribution >= 0.6 is 11.6 Å². The van der Waals surface area contributed by atoms with Gasteiger partial charge in [-0.25, -0.2) is 0 Å². The van der Waals surface area contributed by atoms with Crippen molar-refractivity contribution >= 4 is 17.6 Å². The summed E-state index contributed by atoms with van der Waals surface area (Å²) in [5, 5.41) is 0.432. The molecule has 0 aliphatic carbocycles. The van der Waals surface area contributed by atoms with Crippen LogP contribution in [0.25, 0.3) is 0 Å². The Labute approximate surface area is 148 Å². The summed E-state index contributed by atoms with van der Waals surface area (Å²) in [6.45, 7) is 6.99. The van der Waals surface area contributed by atoms with Gasteiger partial charge in [0.05, 0.1) is 11.6 Å². The second kappa shape index (κ2) is 8.20. The highest BCUT2D eigenvalue weighted by atomic mass is 35.5. The number of ether oxygens (including phenoxy) is 2. The second-order valence-electron chi connectivity index (χ2n) is 6.63. The molecule has 0 fully saturated rings. The fourth-order valence-corrected chi connectivity index (χ4v) is 2.33. The molecule has 2 aromatic carbocycles. The van der Waals surface area contributed by atoms with Gasteiger partial charge in [0.2, 0.25) is 0 Å². The lowest BCUT2D eigenvalue weighted by atomic mass is 9.87. The van der Waals surface area contributed by atoms with Gasteiger partial charge in [0.15, 0.2) is 0 Å². The Hall–Kier alpha value is -2.00. The van der Waals surface area contributed by atoms with Crippen molar-refractivity contribution < 1.29 is 14.3 Å². The molecule has 0 atom stereocenters. The third kappa shape index (κ3) is 5.57. The quantitative estimate of drug-likeness (QED) is 0.399. The standard InChI is InChI=1S/C20H23ClO3/c1-20(2,3)15-10-12-16(13-11-15)23-14-6-9-19(22)24-18-8-5-4-7-17(18)21/h4-5,7-8,10-13H,6,9,14H2,1-3H3. The number of esters is 1.